The van der Waals surface area contributed by atoms with E-state index in [-0.39, 0.29) is 5.82 Å². The summed E-state index contributed by atoms with van der Waals surface area (Å²) < 4.78 is 18.9. The molecule has 0 aliphatic heterocycles. The van der Waals surface area contributed by atoms with E-state index >= 15 is 0 Å². The van der Waals surface area contributed by atoms with Gasteiger partial charge in [-0.15, -0.1) is 11.3 Å². The zero-order valence-electron chi connectivity index (χ0n) is 12.4. The number of rotatable bonds is 3. The molecule has 4 nitrogen and oxygen atoms in total. The summed E-state index contributed by atoms with van der Waals surface area (Å²) >= 11 is 7.00. The van der Waals surface area contributed by atoms with Crippen molar-refractivity contribution in [1.29, 1.82) is 0 Å². The number of amides is 1. The van der Waals surface area contributed by atoms with Crippen LogP contribution in [0.2, 0.25) is 5.02 Å². The predicted molar refractivity (Wildman–Crippen MR) is 86.2 cm³/mol. The highest BCUT2D eigenvalue weighted by molar-refractivity contribution is 7.15. The van der Waals surface area contributed by atoms with E-state index in [1.165, 1.54) is 17.4 Å². The van der Waals surface area contributed by atoms with E-state index in [2.05, 4.69) is 10.3 Å². The number of hydrogen-bond acceptors (Lipinski definition) is 4. The lowest BCUT2D eigenvalue weighted by Gasteiger charge is -2.18. The molecule has 7 heteroatoms. The first-order valence-electron chi connectivity index (χ1n) is 6.61. The highest BCUT2D eigenvalue weighted by atomic mass is 35.5. The molecule has 0 radical (unpaired) electrons. The van der Waals surface area contributed by atoms with Crippen molar-refractivity contribution < 1.29 is 13.9 Å². The number of nitrogens with zero attached hydrogens (tertiary/aromatic N) is 1. The lowest BCUT2D eigenvalue weighted by molar-refractivity contribution is 0.0636. The van der Waals surface area contributed by atoms with Gasteiger partial charge in [0.2, 0.25) is 0 Å². The Morgan fingerprint density at radius 1 is 1.45 bits per heavy atom. The Balaban J connectivity index is 2.01. The molecule has 0 bridgehead atoms. The maximum Gasteiger partial charge on any atom is 0.413 e. The zero-order chi connectivity index (χ0) is 16.3. The van der Waals surface area contributed by atoms with Crippen molar-refractivity contribution in [1.82, 2.24) is 4.98 Å². The van der Waals surface area contributed by atoms with E-state index in [9.17, 15) is 9.18 Å². The minimum absolute atomic E-state index is 0.359. The molecule has 0 atom stereocenters. The summed E-state index contributed by atoms with van der Waals surface area (Å²) in [6.07, 6.45) is 1.42. The van der Waals surface area contributed by atoms with Crippen LogP contribution in [0.25, 0.3) is 0 Å². The Kier molecular flexibility index (Phi) is 5.03. The highest BCUT2D eigenvalue weighted by Crippen LogP contribution is 2.24. The monoisotopic (exact) mass is 342 g/mol. The summed E-state index contributed by atoms with van der Waals surface area (Å²) in [5.74, 6) is -0.359. The van der Waals surface area contributed by atoms with Crippen molar-refractivity contribution >= 4 is 34.2 Å². The first kappa shape index (κ1) is 16.7. The molecule has 118 valence electrons. The van der Waals surface area contributed by atoms with Gasteiger partial charge in [-0.05, 0) is 38.5 Å². The molecule has 0 aliphatic carbocycles. The van der Waals surface area contributed by atoms with Crippen LogP contribution in [0.15, 0.2) is 24.4 Å². The largest absolute Gasteiger partial charge is 0.444 e. The fourth-order valence-corrected chi connectivity index (χ4v) is 2.67. The third kappa shape index (κ3) is 4.96. The van der Waals surface area contributed by atoms with E-state index in [4.69, 9.17) is 16.3 Å². The van der Waals surface area contributed by atoms with Gasteiger partial charge in [0.25, 0.3) is 0 Å². The Labute approximate surface area is 137 Å². The molecule has 1 aromatic heterocycles. The van der Waals surface area contributed by atoms with Crippen LogP contribution in [0.5, 0.6) is 0 Å². The third-order valence-electron chi connectivity index (χ3n) is 2.54. The number of nitrogens with one attached hydrogen (secondary N) is 1. The molecule has 1 amide bonds. The normalized spacial score (nSPS) is 11.3. The Morgan fingerprint density at radius 2 is 2.18 bits per heavy atom. The Morgan fingerprint density at radius 3 is 2.82 bits per heavy atom. The van der Waals surface area contributed by atoms with Crippen LogP contribution in [0.3, 0.4) is 0 Å². The van der Waals surface area contributed by atoms with Crippen molar-refractivity contribution in [2.75, 3.05) is 5.32 Å². The van der Waals surface area contributed by atoms with Gasteiger partial charge in [-0.2, -0.15) is 0 Å². The van der Waals surface area contributed by atoms with Crippen molar-refractivity contribution in [3.8, 4) is 0 Å². The number of anilines is 1. The molecule has 0 fully saturated rings. The third-order valence-corrected chi connectivity index (χ3v) is 3.69. The highest BCUT2D eigenvalue weighted by Gasteiger charge is 2.17. The minimum atomic E-state index is -0.573. The summed E-state index contributed by atoms with van der Waals surface area (Å²) in [7, 11) is 0. The molecule has 0 aliphatic rings. The van der Waals surface area contributed by atoms with E-state index in [1.54, 1.807) is 39.1 Å². The lowest BCUT2D eigenvalue weighted by atomic mass is 10.1. The average molecular weight is 343 g/mol. The number of ether oxygens (including phenoxy) is 1. The summed E-state index contributed by atoms with van der Waals surface area (Å²) in [4.78, 5) is 16.6. The first-order chi connectivity index (χ1) is 10.2. The number of aromatic nitrogens is 1. The SMILES string of the molecule is CC(C)(C)OC(=O)Nc1ncc(Cc2ccc(Cl)cc2F)s1. The lowest BCUT2D eigenvalue weighted by Crippen LogP contribution is -2.27. The Hall–Kier alpha value is -1.66. The van der Waals surface area contributed by atoms with Crippen molar-refractivity contribution in [3.05, 3.63) is 45.7 Å². The quantitative estimate of drug-likeness (QED) is 0.865. The van der Waals surface area contributed by atoms with Crippen molar-refractivity contribution in [2.24, 2.45) is 0 Å². The van der Waals surface area contributed by atoms with Crippen LogP contribution in [-0.2, 0) is 11.2 Å². The maximum absolute atomic E-state index is 13.7. The van der Waals surface area contributed by atoms with E-state index in [0.717, 1.165) is 4.88 Å². The standard InChI is InChI=1S/C15H16ClFN2O2S/c1-15(2,3)21-14(20)19-13-18-8-11(22-13)6-9-4-5-10(16)7-12(9)17/h4-5,7-8H,6H2,1-3H3,(H,18,19,20). The van der Waals surface area contributed by atoms with Gasteiger partial charge in [-0.25, -0.2) is 14.2 Å². The number of carbonyl (C=O) groups is 1. The molecule has 1 heterocycles. The summed E-state index contributed by atoms with van der Waals surface area (Å²) in [5, 5.41) is 3.33. The molecule has 2 rings (SSSR count). The minimum Gasteiger partial charge on any atom is -0.444 e. The van der Waals surface area contributed by atoms with Gasteiger partial charge in [-0.3, -0.25) is 5.32 Å². The molecule has 0 saturated heterocycles. The van der Waals surface area contributed by atoms with Gasteiger partial charge in [0.05, 0.1) is 0 Å². The fourth-order valence-electron chi connectivity index (χ4n) is 1.69. The van der Waals surface area contributed by atoms with Crippen LogP contribution in [-0.4, -0.2) is 16.7 Å². The fraction of sp³-hybridized carbons (Fsp3) is 0.333. The smallest absolute Gasteiger partial charge is 0.413 e. The van der Waals surface area contributed by atoms with Gasteiger partial charge in [0.1, 0.15) is 11.4 Å². The second-order valence-electron chi connectivity index (χ2n) is 5.67. The molecular formula is C15H16ClFN2O2S. The number of thiazole rings is 1. The summed E-state index contributed by atoms with van der Waals surface area (Å²) in [6.45, 7) is 5.34. The number of hydrogen-bond donors (Lipinski definition) is 1. The first-order valence-corrected chi connectivity index (χ1v) is 7.81. The second-order valence-corrected chi connectivity index (χ2v) is 7.22. The van der Waals surface area contributed by atoms with Crippen molar-refractivity contribution in [2.45, 2.75) is 32.8 Å². The number of halogens is 2. The van der Waals surface area contributed by atoms with E-state index in [1.807, 2.05) is 0 Å². The van der Waals surface area contributed by atoms with Crippen LogP contribution in [0, 0.1) is 5.82 Å². The van der Waals surface area contributed by atoms with E-state index < -0.39 is 11.7 Å². The van der Waals surface area contributed by atoms with Gasteiger partial charge in [0, 0.05) is 22.5 Å². The van der Waals surface area contributed by atoms with Gasteiger partial charge >= 0.3 is 6.09 Å². The number of benzene rings is 1. The topological polar surface area (TPSA) is 51.2 Å². The molecule has 0 saturated carbocycles. The van der Waals surface area contributed by atoms with Crippen LogP contribution in [0.1, 0.15) is 31.2 Å². The van der Waals surface area contributed by atoms with Gasteiger partial charge in [-0.1, -0.05) is 17.7 Å². The molecule has 0 unspecified atom stereocenters. The molecular weight excluding hydrogens is 327 g/mol. The zero-order valence-corrected chi connectivity index (χ0v) is 14.0. The van der Waals surface area contributed by atoms with Crippen LogP contribution in [0.4, 0.5) is 14.3 Å². The molecule has 1 aromatic carbocycles. The number of carbonyl (C=O) groups excluding carboxylic acids is 1. The van der Waals surface area contributed by atoms with Gasteiger partial charge in [0.15, 0.2) is 5.13 Å². The maximum atomic E-state index is 13.7. The predicted octanol–water partition coefficient (Wildman–Crippen LogP) is 4.87. The molecule has 1 N–H and O–H groups in total. The van der Waals surface area contributed by atoms with Crippen molar-refractivity contribution in [3.63, 3.8) is 0 Å². The molecule has 2 aromatic rings. The summed E-state index contributed by atoms with van der Waals surface area (Å²) in [6, 6.07) is 4.55. The van der Waals surface area contributed by atoms with Crippen LogP contribution >= 0.6 is 22.9 Å². The van der Waals surface area contributed by atoms with Gasteiger partial charge < -0.3 is 4.74 Å². The average Bonchev–Trinajstić information content (AvgIpc) is 2.77. The summed E-state index contributed by atoms with van der Waals surface area (Å²) in [5.41, 5.74) is -0.0479. The molecule has 22 heavy (non-hydrogen) atoms. The second kappa shape index (κ2) is 6.62. The van der Waals surface area contributed by atoms with Crippen LogP contribution < -0.4 is 5.32 Å². The molecule has 0 spiro atoms. The van der Waals surface area contributed by atoms with E-state index in [0.29, 0.717) is 22.1 Å². The Bertz CT molecular complexity index is 682.